The Balaban J connectivity index is 2.98. The number of carbonyl (C=O) groups excluding carboxylic acids is 1. The van der Waals surface area contributed by atoms with E-state index in [1.807, 2.05) is 12.1 Å². The van der Waals surface area contributed by atoms with Crippen LogP contribution in [0, 0.1) is 0 Å². The molecule has 4 N–H and O–H groups in total. The summed E-state index contributed by atoms with van der Waals surface area (Å²) in [6, 6.07) is 5.20. The minimum Gasteiger partial charge on any atom is -0.462 e. The lowest BCUT2D eigenvalue weighted by molar-refractivity contribution is 0.0527. The molecule has 0 aliphatic rings. The number of rotatable bonds is 4. The van der Waals surface area contributed by atoms with Crippen LogP contribution in [-0.4, -0.2) is 19.1 Å². The molecular weight excluding hydrogens is 204 g/mol. The van der Waals surface area contributed by atoms with Gasteiger partial charge in [0.1, 0.15) is 0 Å². The molecule has 0 aliphatic carbocycles. The van der Waals surface area contributed by atoms with Crippen LogP contribution in [0.15, 0.2) is 24.3 Å². The van der Waals surface area contributed by atoms with Gasteiger partial charge in [-0.15, -0.1) is 0 Å². The summed E-state index contributed by atoms with van der Waals surface area (Å²) in [4.78, 5) is 11.5. The zero-order valence-electron chi connectivity index (χ0n) is 9.27. The number of nitrogen functional groups attached to an aromatic ring is 1. The molecule has 0 aromatic heterocycles. The number of nitrogens with two attached hydrogens (primary N) is 2. The van der Waals surface area contributed by atoms with Gasteiger partial charge in [-0.25, -0.2) is 4.79 Å². The van der Waals surface area contributed by atoms with Crippen LogP contribution in [0.3, 0.4) is 0 Å². The zero-order chi connectivity index (χ0) is 12.0. The van der Waals surface area contributed by atoms with Gasteiger partial charge in [0.15, 0.2) is 0 Å². The lowest BCUT2D eigenvalue weighted by atomic mass is 10.1. The second kappa shape index (κ2) is 5.92. The number of hydrogen-bond acceptors (Lipinski definition) is 4. The highest BCUT2D eigenvalue weighted by atomic mass is 16.5. The van der Waals surface area contributed by atoms with Crippen molar-refractivity contribution >= 4 is 17.7 Å². The van der Waals surface area contributed by atoms with Crippen molar-refractivity contribution in [1.82, 2.24) is 0 Å². The van der Waals surface area contributed by atoms with Gasteiger partial charge in [-0.1, -0.05) is 18.2 Å². The highest BCUT2D eigenvalue weighted by Gasteiger charge is 2.10. The lowest BCUT2D eigenvalue weighted by Gasteiger charge is -2.06. The predicted octanol–water partition coefficient (Wildman–Crippen LogP) is 1.42. The maximum atomic E-state index is 11.5. The largest absolute Gasteiger partial charge is 0.462 e. The molecule has 0 amide bonds. The molecule has 1 aromatic rings. The van der Waals surface area contributed by atoms with Crippen molar-refractivity contribution in [2.45, 2.75) is 6.92 Å². The monoisotopic (exact) mass is 220 g/mol. The van der Waals surface area contributed by atoms with Crippen molar-refractivity contribution in [2.75, 3.05) is 18.9 Å². The summed E-state index contributed by atoms with van der Waals surface area (Å²) in [6.07, 6.45) is 3.64. The molecule has 0 spiro atoms. The third-order valence-corrected chi connectivity index (χ3v) is 2.02. The van der Waals surface area contributed by atoms with Crippen LogP contribution >= 0.6 is 0 Å². The Morgan fingerprint density at radius 1 is 1.50 bits per heavy atom. The van der Waals surface area contributed by atoms with Gasteiger partial charge in [-0.05, 0) is 24.6 Å². The summed E-state index contributed by atoms with van der Waals surface area (Å²) in [6.45, 7) is 2.55. The third-order valence-electron chi connectivity index (χ3n) is 2.02. The molecule has 0 saturated carbocycles. The van der Waals surface area contributed by atoms with E-state index in [1.54, 1.807) is 25.1 Å². The lowest BCUT2D eigenvalue weighted by Crippen LogP contribution is -2.08. The van der Waals surface area contributed by atoms with Gasteiger partial charge in [0.2, 0.25) is 0 Å². The molecule has 0 radical (unpaired) electrons. The summed E-state index contributed by atoms with van der Waals surface area (Å²) in [7, 11) is 0. The molecule has 86 valence electrons. The second-order valence-corrected chi connectivity index (χ2v) is 3.21. The minimum absolute atomic E-state index is 0.334. The van der Waals surface area contributed by atoms with Gasteiger partial charge in [0, 0.05) is 12.2 Å². The highest BCUT2D eigenvalue weighted by Crippen LogP contribution is 2.16. The number of carbonyl (C=O) groups is 1. The van der Waals surface area contributed by atoms with E-state index in [-0.39, 0.29) is 0 Å². The van der Waals surface area contributed by atoms with Gasteiger partial charge in [-0.3, -0.25) is 0 Å². The molecule has 1 rings (SSSR count). The molecule has 4 heteroatoms. The van der Waals surface area contributed by atoms with Gasteiger partial charge in [0.25, 0.3) is 0 Å². The Kier molecular flexibility index (Phi) is 4.54. The predicted molar refractivity (Wildman–Crippen MR) is 64.9 cm³/mol. The first-order valence-electron chi connectivity index (χ1n) is 5.12. The maximum absolute atomic E-state index is 11.5. The van der Waals surface area contributed by atoms with Crippen molar-refractivity contribution in [3.05, 3.63) is 35.4 Å². The normalized spacial score (nSPS) is 10.6. The van der Waals surface area contributed by atoms with E-state index in [9.17, 15) is 4.79 Å². The van der Waals surface area contributed by atoms with Gasteiger partial charge < -0.3 is 16.2 Å². The average Bonchev–Trinajstić information content (AvgIpc) is 2.28. The molecular formula is C12H16N2O2. The summed E-state index contributed by atoms with van der Waals surface area (Å²) >= 11 is 0. The number of esters is 1. The quantitative estimate of drug-likeness (QED) is 0.594. The van der Waals surface area contributed by atoms with Crippen molar-refractivity contribution in [3.63, 3.8) is 0 Å². The van der Waals surface area contributed by atoms with E-state index in [1.165, 1.54) is 0 Å². The molecule has 0 bridgehead atoms. The Morgan fingerprint density at radius 3 is 2.88 bits per heavy atom. The smallest absolute Gasteiger partial charge is 0.340 e. The summed E-state index contributed by atoms with van der Waals surface area (Å²) < 4.78 is 4.90. The Hall–Kier alpha value is -1.81. The van der Waals surface area contributed by atoms with Crippen LogP contribution in [0.25, 0.3) is 6.08 Å². The molecule has 0 fully saturated rings. The second-order valence-electron chi connectivity index (χ2n) is 3.21. The van der Waals surface area contributed by atoms with E-state index in [0.717, 1.165) is 5.56 Å². The Morgan fingerprint density at radius 2 is 2.25 bits per heavy atom. The van der Waals surface area contributed by atoms with Gasteiger partial charge >= 0.3 is 5.97 Å². The van der Waals surface area contributed by atoms with Crippen LogP contribution in [0.2, 0.25) is 0 Å². The van der Waals surface area contributed by atoms with E-state index >= 15 is 0 Å². The van der Waals surface area contributed by atoms with E-state index in [0.29, 0.717) is 24.4 Å². The fourth-order valence-electron chi connectivity index (χ4n) is 1.27. The van der Waals surface area contributed by atoms with Crippen molar-refractivity contribution in [1.29, 1.82) is 0 Å². The standard InChI is InChI=1S/C12H16N2O2/c1-2-16-12(15)10-8-9(4-3-7-13)5-6-11(10)14/h3-6,8H,2,7,13-14H2,1H3. The van der Waals surface area contributed by atoms with Gasteiger partial charge in [-0.2, -0.15) is 0 Å². The molecule has 0 aliphatic heterocycles. The molecule has 16 heavy (non-hydrogen) atoms. The molecule has 4 nitrogen and oxygen atoms in total. The Bertz CT molecular complexity index is 400. The van der Waals surface area contributed by atoms with Crippen LogP contribution in [0.5, 0.6) is 0 Å². The first-order valence-corrected chi connectivity index (χ1v) is 5.12. The number of anilines is 1. The zero-order valence-corrected chi connectivity index (χ0v) is 9.27. The average molecular weight is 220 g/mol. The number of benzene rings is 1. The fourth-order valence-corrected chi connectivity index (χ4v) is 1.27. The van der Waals surface area contributed by atoms with Crippen molar-refractivity contribution in [3.8, 4) is 0 Å². The Labute approximate surface area is 94.9 Å². The summed E-state index contributed by atoms with van der Waals surface area (Å²) in [5.74, 6) is -0.400. The van der Waals surface area contributed by atoms with Crippen molar-refractivity contribution < 1.29 is 9.53 Å². The fraction of sp³-hybridized carbons (Fsp3) is 0.250. The van der Waals surface area contributed by atoms with Gasteiger partial charge in [0.05, 0.1) is 12.2 Å². The van der Waals surface area contributed by atoms with E-state index in [2.05, 4.69) is 0 Å². The third kappa shape index (κ3) is 3.10. The maximum Gasteiger partial charge on any atom is 0.340 e. The van der Waals surface area contributed by atoms with Crippen LogP contribution < -0.4 is 11.5 Å². The molecule has 1 aromatic carbocycles. The molecule has 0 saturated heterocycles. The highest BCUT2D eigenvalue weighted by molar-refractivity contribution is 5.95. The van der Waals surface area contributed by atoms with Crippen LogP contribution in [-0.2, 0) is 4.74 Å². The van der Waals surface area contributed by atoms with E-state index < -0.39 is 5.97 Å². The molecule has 0 unspecified atom stereocenters. The topological polar surface area (TPSA) is 78.3 Å². The number of ether oxygens (including phenoxy) is 1. The summed E-state index contributed by atoms with van der Waals surface area (Å²) in [5.41, 5.74) is 12.7. The first kappa shape index (κ1) is 12.3. The van der Waals surface area contributed by atoms with Crippen LogP contribution in [0.4, 0.5) is 5.69 Å². The molecule has 0 atom stereocenters. The van der Waals surface area contributed by atoms with Crippen LogP contribution in [0.1, 0.15) is 22.8 Å². The first-order chi connectivity index (χ1) is 7.69. The SMILES string of the molecule is CCOC(=O)c1cc(C=CCN)ccc1N. The van der Waals surface area contributed by atoms with E-state index in [4.69, 9.17) is 16.2 Å². The molecule has 0 heterocycles. The van der Waals surface area contributed by atoms with Crippen molar-refractivity contribution in [2.24, 2.45) is 5.73 Å². The summed E-state index contributed by atoms with van der Waals surface area (Å²) in [5, 5.41) is 0. The number of hydrogen-bond donors (Lipinski definition) is 2. The minimum atomic E-state index is -0.400.